The van der Waals surface area contributed by atoms with Gasteiger partial charge in [-0.05, 0) is 61.6 Å². The maximum Gasteiger partial charge on any atom is 0.267 e. The maximum atomic E-state index is 13.5. The van der Waals surface area contributed by atoms with Crippen LogP contribution in [-0.2, 0) is 12.8 Å². The van der Waals surface area contributed by atoms with E-state index in [0.29, 0.717) is 16.2 Å². The summed E-state index contributed by atoms with van der Waals surface area (Å²) in [7, 11) is 0. The lowest BCUT2D eigenvalue weighted by Crippen LogP contribution is -2.21. The average Bonchev–Trinajstić information content (AvgIpc) is 3.09. The van der Waals surface area contributed by atoms with Crippen molar-refractivity contribution >= 4 is 33.3 Å². The van der Waals surface area contributed by atoms with E-state index in [4.69, 9.17) is 4.98 Å². The molecule has 0 aliphatic rings. The summed E-state index contributed by atoms with van der Waals surface area (Å²) < 4.78 is 15.2. The summed E-state index contributed by atoms with van der Waals surface area (Å²) in [6, 6.07) is 16.5. The Balaban J connectivity index is 1.70. The number of aryl methyl sites for hydroxylation is 3. The lowest BCUT2D eigenvalue weighted by atomic mass is 10.1. The average molecular weight is 453 g/mol. The summed E-state index contributed by atoms with van der Waals surface area (Å²) >= 11 is 3.21. The van der Waals surface area contributed by atoms with E-state index >= 15 is 0 Å². The zero-order valence-corrected chi connectivity index (χ0v) is 19.4. The van der Waals surface area contributed by atoms with E-state index in [1.165, 1.54) is 22.6 Å². The molecule has 0 amide bonds. The fourth-order valence-corrected chi connectivity index (χ4v) is 5.95. The highest BCUT2D eigenvalue weighted by Crippen LogP contribution is 2.31. The molecule has 0 aliphatic heterocycles. The van der Waals surface area contributed by atoms with E-state index in [0.717, 1.165) is 41.8 Å². The van der Waals surface area contributed by atoms with E-state index in [-0.39, 0.29) is 11.4 Å². The van der Waals surface area contributed by atoms with Gasteiger partial charge in [-0.2, -0.15) is 0 Å². The highest BCUT2D eigenvalue weighted by atomic mass is 32.2. The largest absolute Gasteiger partial charge is 0.268 e. The molecule has 0 aliphatic carbocycles. The molecular weight excluding hydrogens is 427 g/mol. The molecule has 0 saturated carbocycles. The van der Waals surface area contributed by atoms with Gasteiger partial charge in [0.2, 0.25) is 0 Å². The van der Waals surface area contributed by atoms with Gasteiger partial charge in [-0.3, -0.25) is 9.36 Å². The summed E-state index contributed by atoms with van der Waals surface area (Å²) in [5.74, 6) is 0.528. The molecule has 3 nitrogen and oxygen atoms in total. The van der Waals surface area contributed by atoms with Crippen molar-refractivity contribution in [3.8, 4) is 5.69 Å². The quantitative estimate of drug-likeness (QED) is 0.172. The molecule has 2 aromatic heterocycles. The molecule has 6 heteroatoms. The first-order valence-electron chi connectivity index (χ1n) is 10.6. The second kappa shape index (κ2) is 9.79. The van der Waals surface area contributed by atoms with Crippen LogP contribution in [-0.4, -0.2) is 15.3 Å². The Morgan fingerprint density at radius 1 is 1.06 bits per heavy atom. The van der Waals surface area contributed by atoms with Gasteiger partial charge in [0.15, 0.2) is 5.16 Å². The van der Waals surface area contributed by atoms with E-state index in [1.807, 2.05) is 13.0 Å². The smallest absolute Gasteiger partial charge is 0.267 e. The molecule has 4 rings (SSSR count). The van der Waals surface area contributed by atoms with Gasteiger partial charge in [0.25, 0.3) is 5.56 Å². The lowest BCUT2D eigenvalue weighted by Gasteiger charge is -2.12. The van der Waals surface area contributed by atoms with Gasteiger partial charge in [-0.25, -0.2) is 9.37 Å². The molecule has 0 unspecified atom stereocenters. The van der Waals surface area contributed by atoms with Gasteiger partial charge >= 0.3 is 0 Å². The number of benzene rings is 2. The fraction of sp³-hybridized carbons (Fsp3) is 0.280. The topological polar surface area (TPSA) is 34.9 Å². The van der Waals surface area contributed by atoms with E-state index in [9.17, 15) is 9.18 Å². The minimum atomic E-state index is -0.320. The Morgan fingerprint density at radius 3 is 2.52 bits per heavy atom. The number of halogens is 1. The van der Waals surface area contributed by atoms with E-state index < -0.39 is 0 Å². The van der Waals surface area contributed by atoms with Crippen molar-refractivity contribution in [2.75, 3.05) is 5.75 Å². The molecule has 0 saturated heterocycles. The number of thioether (sulfide) groups is 1. The van der Waals surface area contributed by atoms with Crippen molar-refractivity contribution in [3.05, 3.63) is 86.8 Å². The fourth-order valence-electron chi connectivity index (χ4n) is 3.67. The number of hydrogen-bond acceptors (Lipinski definition) is 4. The molecule has 0 bridgehead atoms. The lowest BCUT2D eigenvalue weighted by molar-refractivity contribution is 0.627. The van der Waals surface area contributed by atoms with Crippen LogP contribution in [0.5, 0.6) is 0 Å². The van der Waals surface area contributed by atoms with Crippen molar-refractivity contribution in [3.63, 3.8) is 0 Å². The first-order valence-corrected chi connectivity index (χ1v) is 12.4. The van der Waals surface area contributed by atoms with Crippen LogP contribution < -0.4 is 5.56 Å². The molecule has 4 aromatic rings. The van der Waals surface area contributed by atoms with Crippen molar-refractivity contribution in [1.82, 2.24) is 9.55 Å². The monoisotopic (exact) mass is 452 g/mol. The number of thiophene rings is 1. The van der Waals surface area contributed by atoms with Gasteiger partial charge in [-0.15, -0.1) is 11.3 Å². The Hall–Kier alpha value is -2.44. The zero-order chi connectivity index (χ0) is 21.8. The molecular formula is C25H25FN2OS2. The first kappa shape index (κ1) is 21.8. The number of hydrogen-bond donors (Lipinski definition) is 0. The van der Waals surface area contributed by atoms with E-state index in [1.54, 1.807) is 39.8 Å². The molecule has 0 radical (unpaired) electrons. The van der Waals surface area contributed by atoms with E-state index in [2.05, 4.69) is 31.2 Å². The molecule has 0 N–H and O–H groups in total. The van der Waals surface area contributed by atoms with Crippen LogP contribution in [0, 0.1) is 12.7 Å². The second-order valence-corrected chi connectivity index (χ2v) is 9.68. The number of rotatable bonds is 8. The minimum Gasteiger partial charge on any atom is -0.268 e. The van der Waals surface area contributed by atoms with Crippen molar-refractivity contribution in [2.24, 2.45) is 0 Å². The predicted molar refractivity (Wildman–Crippen MR) is 129 cm³/mol. The summed E-state index contributed by atoms with van der Waals surface area (Å²) in [5, 5.41) is 1.35. The van der Waals surface area contributed by atoms with Crippen molar-refractivity contribution in [1.29, 1.82) is 0 Å². The summed E-state index contributed by atoms with van der Waals surface area (Å²) in [6.07, 6.45) is 3.94. The Bertz CT molecular complexity index is 1230. The standard InChI is InChI=1S/C25H25FN2OS2/c1-3-8-21-17(2)22-23(31-21)27-25(30-16-7-11-18-9-5-4-6-10-18)28(24(22)29)20-14-12-19(26)13-15-20/h4-6,9-10,12-15H,3,7-8,11,16H2,1-2H3. The SMILES string of the molecule is CCCc1sc2nc(SCCCc3ccccc3)n(-c3ccc(F)cc3)c(=O)c2c1C. The van der Waals surface area contributed by atoms with Crippen LogP contribution in [0.1, 0.15) is 35.8 Å². The summed E-state index contributed by atoms with van der Waals surface area (Å²) in [6.45, 7) is 4.15. The molecule has 31 heavy (non-hydrogen) atoms. The maximum absolute atomic E-state index is 13.5. The third-order valence-electron chi connectivity index (χ3n) is 5.28. The number of nitrogens with zero attached hydrogens (tertiary/aromatic N) is 2. The van der Waals surface area contributed by atoms with Crippen LogP contribution in [0.4, 0.5) is 4.39 Å². The Morgan fingerprint density at radius 2 is 1.81 bits per heavy atom. The van der Waals surface area contributed by atoms with Crippen LogP contribution in [0.15, 0.2) is 64.5 Å². The minimum absolute atomic E-state index is 0.0710. The first-order chi connectivity index (χ1) is 15.1. The normalized spacial score (nSPS) is 11.3. The molecule has 2 aromatic carbocycles. The molecule has 0 spiro atoms. The van der Waals surface area contributed by atoms with Gasteiger partial charge in [0.05, 0.1) is 11.1 Å². The molecule has 0 atom stereocenters. The summed E-state index contributed by atoms with van der Waals surface area (Å²) in [4.78, 5) is 20.5. The Labute approximate surface area is 190 Å². The third kappa shape index (κ3) is 4.75. The van der Waals surface area contributed by atoms with Crippen molar-refractivity contribution in [2.45, 2.75) is 44.7 Å². The zero-order valence-electron chi connectivity index (χ0n) is 17.7. The second-order valence-electron chi connectivity index (χ2n) is 7.53. The van der Waals surface area contributed by atoms with Crippen LogP contribution in [0.25, 0.3) is 15.9 Å². The number of fused-ring (bicyclic) bond motifs is 1. The van der Waals surface area contributed by atoms with Gasteiger partial charge in [-0.1, -0.05) is 55.4 Å². The summed E-state index contributed by atoms with van der Waals surface area (Å²) in [5.41, 5.74) is 2.91. The highest BCUT2D eigenvalue weighted by Gasteiger charge is 2.19. The van der Waals surface area contributed by atoms with Gasteiger partial charge in [0, 0.05) is 10.6 Å². The van der Waals surface area contributed by atoms with Crippen LogP contribution >= 0.6 is 23.1 Å². The predicted octanol–water partition coefficient (Wildman–Crippen LogP) is 6.57. The Kier molecular flexibility index (Phi) is 6.88. The van der Waals surface area contributed by atoms with Crippen LogP contribution in [0.3, 0.4) is 0 Å². The number of aromatic nitrogens is 2. The molecule has 2 heterocycles. The van der Waals surface area contributed by atoms with Crippen molar-refractivity contribution < 1.29 is 4.39 Å². The van der Waals surface area contributed by atoms with Gasteiger partial charge < -0.3 is 0 Å². The molecule has 160 valence electrons. The highest BCUT2D eigenvalue weighted by molar-refractivity contribution is 7.99. The van der Waals surface area contributed by atoms with Crippen LogP contribution in [0.2, 0.25) is 0 Å². The molecule has 0 fully saturated rings. The van der Waals surface area contributed by atoms with Gasteiger partial charge in [0.1, 0.15) is 10.6 Å². The third-order valence-corrected chi connectivity index (χ3v) is 7.55.